The number of rotatable bonds is 1. The van der Waals surface area contributed by atoms with E-state index in [0.29, 0.717) is 0 Å². The van der Waals surface area contributed by atoms with Crippen molar-refractivity contribution in [3.8, 4) is 0 Å². The average molecular weight is 70.1 g/mol. The van der Waals surface area contributed by atoms with Gasteiger partial charge in [0, 0.05) is 13.2 Å². The highest BCUT2D eigenvalue weighted by Crippen LogP contribution is 1.63. The van der Waals surface area contributed by atoms with E-state index in [-0.39, 0.29) is 0 Å². The molecule has 0 aliphatic rings. The molecule has 0 radical (unpaired) electrons. The summed E-state index contributed by atoms with van der Waals surface area (Å²) in [5.41, 5.74) is 0. The van der Waals surface area contributed by atoms with Gasteiger partial charge in [-0.05, 0) is 0 Å². The maximum Gasteiger partial charge on any atom is 0.0491 e. The van der Waals surface area contributed by atoms with Crippen molar-refractivity contribution in [2.45, 2.75) is 0 Å². The molecule has 0 aromatic carbocycles. The Kier molecular flexibility index (Phi) is 2.90. The molecule has 2 heteroatoms. The van der Waals surface area contributed by atoms with Crippen LogP contribution in [-0.2, 0) is 0 Å². The van der Waals surface area contributed by atoms with E-state index in [1.807, 2.05) is 0 Å². The third-order valence-electron chi connectivity index (χ3n) is 0.197. The van der Waals surface area contributed by atoms with Crippen LogP contribution in [0.4, 0.5) is 0 Å². The topological polar surface area (TPSA) is 24.7 Å². The molecule has 0 amide bonds. The van der Waals surface area contributed by atoms with E-state index in [1.54, 1.807) is 7.05 Å². The molecule has 0 aromatic heterocycles. The summed E-state index contributed by atoms with van der Waals surface area (Å²) >= 11 is 0. The van der Waals surface area contributed by atoms with E-state index in [2.05, 4.69) is 16.8 Å². The van der Waals surface area contributed by atoms with Crippen LogP contribution in [0.1, 0.15) is 0 Å². The van der Waals surface area contributed by atoms with Crippen molar-refractivity contribution in [1.82, 2.24) is 0 Å². The SMILES string of the molecule is C=CN=NC. The predicted molar refractivity (Wildman–Crippen MR) is 21.0 cm³/mol. The van der Waals surface area contributed by atoms with Crippen LogP contribution in [0.3, 0.4) is 0 Å². The molecule has 0 atom stereocenters. The molecule has 0 unspecified atom stereocenters. The van der Waals surface area contributed by atoms with Gasteiger partial charge in [0.25, 0.3) is 0 Å². The second-order valence-corrected chi connectivity index (χ2v) is 0.498. The lowest BCUT2D eigenvalue weighted by atomic mass is 11.1. The van der Waals surface area contributed by atoms with Gasteiger partial charge < -0.3 is 0 Å². The summed E-state index contributed by atoms with van der Waals surface area (Å²) in [4.78, 5) is 0. The first-order chi connectivity index (χ1) is 2.41. The normalized spacial score (nSPS) is 9.00. The van der Waals surface area contributed by atoms with Crippen LogP contribution >= 0.6 is 0 Å². The minimum atomic E-state index is 1.39. The molecule has 5 heavy (non-hydrogen) atoms. The standard InChI is InChI=1S/C3H6N2/c1-3-5-4-2/h3H,1H2,2H3. The lowest BCUT2D eigenvalue weighted by molar-refractivity contribution is 1.17. The van der Waals surface area contributed by atoms with Gasteiger partial charge in [-0.3, -0.25) is 0 Å². The first-order valence-corrected chi connectivity index (χ1v) is 1.31. The monoisotopic (exact) mass is 70.1 g/mol. The van der Waals surface area contributed by atoms with E-state index in [0.717, 1.165) is 0 Å². The van der Waals surface area contributed by atoms with Crippen LogP contribution < -0.4 is 0 Å². The zero-order valence-corrected chi connectivity index (χ0v) is 3.18. The lowest BCUT2D eigenvalue weighted by Gasteiger charge is -1.58. The van der Waals surface area contributed by atoms with Crippen LogP contribution in [0.5, 0.6) is 0 Å². The summed E-state index contributed by atoms with van der Waals surface area (Å²) in [6.45, 7) is 3.29. The van der Waals surface area contributed by atoms with Gasteiger partial charge in [0.2, 0.25) is 0 Å². The minimum absolute atomic E-state index is 1.39. The van der Waals surface area contributed by atoms with E-state index < -0.39 is 0 Å². The average Bonchev–Trinajstić information content (AvgIpc) is 1.41. The molecule has 0 N–H and O–H groups in total. The molecule has 0 rings (SSSR count). The molecule has 0 bridgehead atoms. The summed E-state index contributed by atoms with van der Waals surface area (Å²) < 4.78 is 0. The maximum atomic E-state index is 3.36. The van der Waals surface area contributed by atoms with Crippen molar-refractivity contribution in [1.29, 1.82) is 0 Å². The summed E-state index contributed by atoms with van der Waals surface area (Å²) in [5.74, 6) is 0. The van der Waals surface area contributed by atoms with E-state index >= 15 is 0 Å². The van der Waals surface area contributed by atoms with Gasteiger partial charge in [0.1, 0.15) is 0 Å². The van der Waals surface area contributed by atoms with Crippen molar-refractivity contribution < 1.29 is 0 Å². The summed E-state index contributed by atoms with van der Waals surface area (Å²) in [7, 11) is 1.60. The zero-order valence-electron chi connectivity index (χ0n) is 3.18. The van der Waals surface area contributed by atoms with Crippen molar-refractivity contribution in [3.63, 3.8) is 0 Å². The first-order valence-electron chi connectivity index (χ1n) is 1.31. The minimum Gasteiger partial charge on any atom is -0.193 e. The fourth-order valence-corrected chi connectivity index (χ4v) is 0.0816. The third kappa shape index (κ3) is 3.34. The number of azo groups is 1. The quantitative estimate of drug-likeness (QED) is 0.414. The van der Waals surface area contributed by atoms with Crippen molar-refractivity contribution >= 4 is 0 Å². The molecule has 0 saturated heterocycles. The van der Waals surface area contributed by atoms with Gasteiger partial charge in [0.05, 0.1) is 0 Å². The molecule has 0 fully saturated rings. The van der Waals surface area contributed by atoms with Crippen LogP contribution in [0, 0.1) is 0 Å². The molecule has 0 saturated carbocycles. The molecule has 0 aromatic rings. The second kappa shape index (κ2) is 3.34. The Balaban J connectivity index is 2.92. The fourth-order valence-electron chi connectivity index (χ4n) is 0.0816. The zero-order chi connectivity index (χ0) is 4.12. The largest absolute Gasteiger partial charge is 0.193 e. The van der Waals surface area contributed by atoms with Crippen molar-refractivity contribution in [2.75, 3.05) is 7.05 Å². The summed E-state index contributed by atoms with van der Waals surface area (Å²) in [6.07, 6.45) is 1.39. The Bertz CT molecular complexity index is 46.9. The van der Waals surface area contributed by atoms with E-state index in [1.165, 1.54) is 6.20 Å². The Morgan fingerprint density at radius 2 is 2.40 bits per heavy atom. The van der Waals surface area contributed by atoms with Gasteiger partial charge >= 0.3 is 0 Å². The Labute approximate surface area is 31.2 Å². The van der Waals surface area contributed by atoms with Crippen LogP contribution in [-0.4, -0.2) is 7.05 Å². The smallest absolute Gasteiger partial charge is 0.0491 e. The van der Waals surface area contributed by atoms with Crippen LogP contribution in [0.25, 0.3) is 0 Å². The molecule has 0 aliphatic carbocycles. The predicted octanol–water partition coefficient (Wildman–Crippen LogP) is 1.21. The first kappa shape index (κ1) is 4.34. The molecule has 0 aliphatic heterocycles. The lowest BCUT2D eigenvalue weighted by Crippen LogP contribution is -1.37. The molecular weight excluding hydrogens is 64.0 g/mol. The van der Waals surface area contributed by atoms with Gasteiger partial charge in [-0.2, -0.15) is 10.2 Å². The van der Waals surface area contributed by atoms with Crippen LogP contribution in [0.2, 0.25) is 0 Å². The Morgan fingerprint density at radius 1 is 1.80 bits per heavy atom. The Morgan fingerprint density at radius 3 is 2.40 bits per heavy atom. The molecule has 28 valence electrons. The van der Waals surface area contributed by atoms with Crippen molar-refractivity contribution in [2.24, 2.45) is 10.2 Å². The van der Waals surface area contributed by atoms with Gasteiger partial charge in [-0.15, -0.1) is 0 Å². The number of hydrogen-bond donors (Lipinski definition) is 0. The van der Waals surface area contributed by atoms with E-state index in [4.69, 9.17) is 0 Å². The number of hydrogen-bond acceptors (Lipinski definition) is 2. The van der Waals surface area contributed by atoms with E-state index in [9.17, 15) is 0 Å². The Hall–Kier alpha value is -0.660. The van der Waals surface area contributed by atoms with Gasteiger partial charge in [-0.25, -0.2) is 0 Å². The van der Waals surface area contributed by atoms with Crippen molar-refractivity contribution in [3.05, 3.63) is 12.8 Å². The highest BCUT2D eigenvalue weighted by Gasteiger charge is 1.40. The molecule has 0 spiro atoms. The highest BCUT2D eigenvalue weighted by atomic mass is 15.1. The second-order valence-electron chi connectivity index (χ2n) is 0.498. The molecular formula is C3H6N2. The van der Waals surface area contributed by atoms with Gasteiger partial charge in [-0.1, -0.05) is 6.58 Å². The maximum absolute atomic E-state index is 3.36. The van der Waals surface area contributed by atoms with Crippen LogP contribution in [0.15, 0.2) is 23.0 Å². The third-order valence-corrected chi connectivity index (χ3v) is 0.197. The fraction of sp³-hybridized carbons (Fsp3) is 0.333. The summed E-state index contributed by atoms with van der Waals surface area (Å²) in [5, 5.41) is 6.72. The number of nitrogens with zero attached hydrogens (tertiary/aromatic N) is 2. The van der Waals surface area contributed by atoms with Gasteiger partial charge in [0.15, 0.2) is 0 Å². The highest BCUT2D eigenvalue weighted by molar-refractivity contribution is 4.55. The molecule has 2 nitrogen and oxygen atoms in total. The summed E-state index contributed by atoms with van der Waals surface area (Å²) in [6, 6.07) is 0. The molecule has 0 heterocycles.